The summed E-state index contributed by atoms with van der Waals surface area (Å²) < 4.78 is 15.9. The first-order chi connectivity index (χ1) is 9.63. The molecule has 1 fully saturated rings. The molecule has 1 heterocycles. The predicted octanol–water partition coefficient (Wildman–Crippen LogP) is 1.95. The van der Waals surface area contributed by atoms with Crippen molar-refractivity contribution in [3.05, 3.63) is 23.8 Å². The van der Waals surface area contributed by atoms with Crippen molar-refractivity contribution in [2.24, 2.45) is 0 Å². The number of methoxy groups -OCH3 is 2. The lowest BCUT2D eigenvalue weighted by Gasteiger charge is -2.29. The van der Waals surface area contributed by atoms with Crippen LogP contribution in [-0.4, -0.2) is 51.3 Å². The van der Waals surface area contributed by atoms with E-state index in [-0.39, 0.29) is 12.1 Å². The number of likely N-dealkylation sites (N-methyl/N-ethyl adjacent to an activating group) is 1. The van der Waals surface area contributed by atoms with Crippen LogP contribution >= 0.6 is 0 Å². The Hall–Kier alpha value is -1.75. The average molecular weight is 279 g/mol. The maximum Gasteiger partial charge on any atom is 0.338 e. The second-order valence-corrected chi connectivity index (χ2v) is 5.00. The second kappa shape index (κ2) is 6.61. The Bertz CT molecular complexity index is 475. The van der Waals surface area contributed by atoms with Gasteiger partial charge in [0.2, 0.25) is 0 Å². The molecule has 1 saturated heterocycles. The number of carbonyl (C=O) groups is 1. The molecule has 5 nitrogen and oxygen atoms in total. The van der Waals surface area contributed by atoms with Crippen LogP contribution in [0.5, 0.6) is 11.5 Å². The number of likely N-dealkylation sites (tertiary alicyclic amines) is 1. The summed E-state index contributed by atoms with van der Waals surface area (Å²) >= 11 is 0. The van der Waals surface area contributed by atoms with Crippen molar-refractivity contribution < 1.29 is 19.0 Å². The Morgan fingerprint density at radius 2 is 2.00 bits per heavy atom. The smallest absolute Gasteiger partial charge is 0.338 e. The van der Waals surface area contributed by atoms with Crippen LogP contribution in [0.25, 0.3) is 0 Å². The van der Waals surface area contributed by atoms with Gasteiger partial charge >= 0.3 is 5.97 Å². The van der Waals surface area contributed by atoms with Gasteiger partial charge in [0.15, 0.2) is 11.5 Å². The Morgan fingerprint density at radius 3 is 2.65 bits per heavy atom. The molecule has 1 unspecified atom stereocenters. The zero-order valence-electron chi connectivity index (χ0n) is 12.2. The number of rotatable bonds is 4. The molecule has 1 aromatic rings. The molecular formula is C15H21NO4. The van der Waals surface area contributed by atoms with Crippen molar-refractivity contribution in [3.8, 4) is 11.5 Å². The first kappa shape index (κ1) is 14.7. The molecule has 1 atom stereocenters. The minimum absolute atomic E-state index is 0.0330. The zero-order chi connectivity index (χ0) is 14.5. The van der Waals surface area contributed by atoms with Gasteiger partial charge in [-0.15, -0.1) is 0 Å². The Kier molecular flexibility index (Phi) is 4.84. The third kappa shape index (κ3) is 3.42. The molecule has 0 bridgehead atoms. The van der Waals surface area contributed by atoms with E-state index >= 15 is 0 Å². The van der Waals surface area contributed by atoms with E-state index in [0.717, 1.165) is 25.9 Å². The molecule has 1 aromatic carbocycles. The number of ether oxygens (including phenoxy) is 3. The van der Waals surface area contributed by atoms with Crippen molar-refractivity contribution >= 4 is 5.97 Å². The van der Waals surface area contributed by atoms with Crippen LogP contribution in [0.3, 0.4) is 0 Å². The van der Waals surface area contributed by atoms with Crippen LogP contribution in [0.15, 0.2) is 18.2 Å². The second-order valence-electron chi connectivity index (χ2n) is 5.00. The number of nitrogens with zero attached hydrogens (tertiary/aromatic N) is 1. The van der Waals surface area contributed by atoms with Crippen molar-refractivity contribution in [1.29, 1.82) is 0 Å². The fourth-order valence-electron chi connectivity index (χ4n) is 2.40. The van der Waals surface area contributed by atoms with Gasteiger partial charge < -0.3 is 19.1 Å². The van der Waals surface area contributed by atoms with E-state index in [1.165, 1.54) is 0 Å². The van der Waals surface area contributed by atoms with E-state index in [2.05, 4.69) is 4.90 Å². The highest BCUT2D eigenvalue weighted by molar-refractivity contribution is 5.90. The lowest BCUT2D eigenvalue weighted by Crippen LogP contribution is -2.38. The average Bonchev–Trinajstić information content (AvgIpc) is 2.46. The van der Waals surface area contributed by atoms with Crippen molar-refractivity contribution in [2.75, 3.05) is 34.4 Å². The van der Waals surface area contributed by atoms with Crippen LogP contribution in [0, 0.1) is 0 Å². The lowest BCUT2D eigenvalue weighted by molar-refractivity contribution is 0.0108. The van der Waals surface area contributed by atoms with E-state index < -0.39 is 0 Å². The maximum absolute atomic E-state index is 12.2. The van der Waals surface area contributed by atoms with Crippen molar-refractivity contribution in [2.45, 2.75) is 18.9 Å². The molecule has 0 saturated carbocycles. The van der Waals surface area contributed by atoms with Crippen LogP contribution in [0.1, 0.15) is 23.2 Å². The van der Waals surface area contributed by atoms with Gasteiger partial charge in [0.1, 0.15) is 6.10 Å². The minimum atomic E-state index is -0.314. The molecule has 0 N–H and O–H groups in total. The fraction of sp³-hybridized carbons (Fsp3) is 0.533. The molecule has 5 heteroatoms. The minimum Gasteiger partial charge on any atom is -0.493 e. The first-order valence-corrected chi connectivity index (χ1v) is 6.75. The summed E-state index contributed by atoms with van der Waals surface area (Å²) in [5, 5.41) is 0. The summed E-state index contributed by atoms with van der Waals surface area (Å²) in [6.45, 7) is 1.85. The van der Waals surface area contributed by atoms with Crippen LogP contribution in [0.4, 0.5) is 0 Å². The number of esters is 1. The van der Waals surface area contributed by atoms with E-state index in [1.54, 1.807) is 32.4 Å². The molecule has 110 valence electrons. The van der Waals surface area contributed by atoms with Gasteiger partial charge in [-0.05, 0) is 44.6 Å². The van der Waals surface area contributed by atoms with Crippen LogP contribution in [-0.2, 0) is 4.74 Å². The van der Waals surface area contributed by atoms with E-state index in [9.17, 15) is 4.79 Å². The molecule has 1 aliphatic rings. The van der Waals surface area contributed by atoms with Gasteiger partial charge in [0.05, 0.1) is 19.8 Å². The van der Waals surface area contributed by atoms with Gasteiger partial charge in [-0.3, -0.25) is 0 Å². The summed E-state index contributed by atoms with van der Waals surface area (Å²) in [5.74, 6) is 0.815. The zero-order valence-corrected chi connectivity index (χ0v) is 12.2. The molecule has 0 aliphatic carbocycles. The maximum atomic E-state index is 12.2. The Morgan fingerprint density at radius 1 is 1.25 bits per heavy atom. The molecule has 0 radical (unpaired) electrons. The number of hydrogen-bond donors (Lipinski definition) is 0. The Labute approximate surface area is 119 Å². The van der Waals surface area contributed by atoms with Gasteiger partial charge in [0.25, 0.3) is 0 Å². The topological polar surface area (TPSA) is 48.0 Å². The van der Waals surface area contributed by atoms with Crippen LogP contribution < -0.4 is 9.47 Å². The highest BCUT2D eigenvalue weighted by Gasteiger charge is 2.22. The fourth-order valence-corrected chi connectivity index (χ4v) is 2.40. The van der Waals surface area contributed by atoms with Crippen LogP contribution in [0.2, 0.25) is 0 Å². The van der Waals surface area contributed by atoms with Crippen molar-refractivity contribution in [3.63, 3.8) is 0 Å². The quantitative estimate of drug-likeness (QED) is 0.788. The monoisotopic (exact) mass is 279 g/mol. The predicted molar refractivity (Wildman–Crippen MR) is 75.5 cm³/mol. The number of piperidine rings is 1. The molecule has 0 amide bonds. The van der Waals surface area contributed by atoms with Gasteiger partial charge in [-0.1, -0.05) is 0 Å². The molecule has 0 aromatic heterocycles. The third-order valence-electron chi connectivity index (χ3n) is 3.47. The summed E-state index contributed by atoms with van der Waals surface area (Å²) in [7, 11) is 5.15. The Balaban J connectivity index is 2.05. The van der Waals surface area contributed by atoms with E-state index in [4.69, 9.17) is 14.2 Å². The standard InChI is InChI=1S/C15H21NO4/c1-16-8-4-5-12(10-16)20-15(17)11-6-7-13(18-2)14(9-11)19-3/h6-7,9,12H,4-5,8,10H2,1-3H3. The molecule has 0 spiro atoms. The highest BCUT2D eigenvalue weighted by atomic mass is 16.5. The van der Waals surface area contributed by atoms with Gasteiger partial charge in [-0.2, -0.15) is 0 Å². The van der Waals surface area contributed by atoms with E-state index in [1.807, 2.05) is 7.05 Å². The summed E-state index contributed by atoms with van der Waals surface area (Å²) in [4.78, 5) is 14.3. The summed E-state index contributed by atoms with van der Waals surface area (Å²) in [6.07, 6.45) is 1.94. The SMILES string of the molecule is COc1ccc(C(=O)OC2CCCN(C)C2)cc1OC. The molecule has 2 rings (SSSR count). The number of carbonyl (C=O) groups excluding carboxylic acids is 1. The number of benzene rings is 1. The van der Waals surface area contributed by atoms with Crippen molar-refractivity contribution in [1.82, 2.24) is 4.90 Å². The highest BCUT2D eigenvalue weighted by Crippen LogP contribution is 2.28. The van der Waals surface area contributed by atoms with Gasteiger partial charge in [0, 0.05) is 6.54 Å². The largest absolute Gasteiger partial charge is 0.493 e. The normalized spacial score (nSPS) is 19.4. The molecule has 20 heavy (non-hydrogen) atoms. The van der Waals surface area contributed by atoms with Gasteiger partial charge in [-0.25, -0.2) is 4.79 Å². The summed E-state index contributed by atoms with van der Waals surface area (Å²) in [5.41, 5.74) is 0.482. The molecular weight excluding hydrogens is 258 g/mol. The number of hydrogen-bond acceptors (Lipinski definition) is 5. The van der Waals surface area contributed by atoms with E-state index in [0.29, 0.717) is 17.1 Å². The molecule has 1 aliphatic heterocycles. The summed E-state index contributed by atoms with van der Waals surface area (Å²) in [6, 6.07) is 5.05. The lowest BCUT2D eigenvalue weighted by atomic mass is 10.1. The first-order valence-electron chi connectivity index (χ1n) is 6.75. The third-order valence-corrected chi connectivity index (χ3v) is 3.47.